The number of nitrogens with zero attached hydrogens (tertiary/aromatic N) is 2. The van der Waals surface area contributed by atoms with Crippen LogP contribution in [-0.4, -0.2) is 15.5 Å². The lowest BCUT2D eigenvalue weighted by atomic mass is 9.95. The van der Waals surface area contributed by atoms with E-state index in [2.05, 4.69) is 14.9 Å². The summed E-state index contributed by atoms with van der Waals surface area (Å²) in [5.74, 6) is 0.226. The lowest BCUT2D eigenvalue weighted by Crippen LogP contribution is -2.34. The highest BCUT2D eigenvalue weighted by Gasteiger charge is 2.24. The Kier molecular flexibility index (Phi) is 3.31. The zero-order valence-electron chi connectivity index (χ0n) is 10.7. The van der Waals surface area contributed by atoms with Gasteiger partial charge in [0.15, 0.2) is 0 Å². The molecule has 1 unspecified atom stereocenters. The first-order chi connectivity index (χ1) is 9.33. The minimum Gasteiger partial charge on any atom is -0.352 e. The maximum absolute atomic E-state index is 12.2. The van der Waals surface area contributed by atoms with Crippen LogP contribution in [0.1, 0.15) is 17.7 Å². The Morgan fingerprint density at radius 2 is 2.21 bits per heavy atom. The molecule has 0 spiro atoms. The summed E-state index contributed by atoms with van der Waals surface area (Å²) < 4.78 is 2.13. The van der Waals surface area contributed by atoms with Crippen molar-refractivity contribution in [1.29, 1.82) is 0 Å². The van der Waals surface area contributed by atoms with Crippen molar-refractivity contribution in [2.45, 2.75) is 25.9 Å². The van der Waals surface area contributed by atoms with Gasteiger partial charge in [0.1, 0.15) is 0 Å². The van der Waals surface area contributed by atoms with Crippen molar-refractivity contribution in [3.63, 3.8) is 0 Å². The fourth-order valence-corrected chi connectivity index (χ4v) is 2.52. The van der Waals surface area contributed by atoms with Gasteiger partial charge in [-0.05, 0) is 12.0 Å². The van der Waals surface area contributed by atoms with Gasteiger partial charge in [-0.15, -0.1) is 0 Å². The highest BCUT2D eigenvalue weighted by molar-refractivity contribution is 5.79. The Balaban J connectivity index is 1.57. The summed E-state index contributed by atoms with van der Waals surface area (Å²) in [5, 5.41) is 3.02. The van der Waals surface area contributed by atoms with Crippen LogP contribution in [0.15, 0.2) is 42.9 Å². The van der Waals surface area contributed by atoms with Gasteiger partial charge in [-0.3, -0.25) is 4.79 Å². The van der Waals surface area contributed by atoms with Crippen LogP contribution in [0.4, 0.5) is 0 Å². The molecule has 4 heteroatoms. The van der Waals surface area contributed by atoms with E-state index >= 15 is 0 Å². The standard InChI is InChI=1S/C15H17N3O/c19-15(17-9-12-4-2-1-3-5-12)13-6-7-18-11-16-10-14(18)8-13/h1-5,10-11,13H,6-9H2,(H,17,19). The van der Waals surface area contributed by atoms with Gasteiger partial charge in [0, 0.05) is 37.3 Å². The smallest absolute Gasteiger partial charge is 0.223 e. The van der Waals surface area contributed by atoms with Crippen molar-refractivity contribution in [2.24, 2.45) is 5.92 Å². The van der Waals surface area contributed by atoms with E-state index in [0.717, 1.165) is 30.6 Å². The number of imidazole rings is 1. The first-order valence-electron chi connectivity index (χ1n) is 6.63. The molecule has 0 fully saturated rings. The molecule has 3 rings (SSSR count). The molecule has 0 saturated heterocycles. The zero-order chi connectivity index (χ0) is 13.1. The number of fused-ring (bicyclic) bond motifs is 1. The van der Waals surface area contributed by atoms with Crippen LogP contribution in [0, 0.1) is 5.92 Å². The topological polar surface area (TPSA) is 46.9 Å². The molecule has 0 radical (unpaired) electrons. The fourth-order valence-electron chi connectivity index (χ4n) is 2.52. The van der Waals surface area contributed by atoms with Crippen molar-refractivity contribution in [3.8, 4) is 0 Å². The summed E-state index contributed by atoms with van der Waals surface area (Å²) in [6, 6.07) is 10.0. The number of hydrogen-bond donors (Lipinski definition) is 1. The lowest BCUT2D eigenvalue weighted by Gasteiger charge is -2.22. The summed E-state index contributed by atoms with van der Waals surface area (Å²) in [6.07, 6.45) is 5.38. The molecule has 1 N–H and O–H groups in total. The number of carbonyl (C=O) groups excluding carboxylic acids is 1. The summed E-state index contributed by atoms with van der Waals surface area (Å²) in [4.78, 5) is 16.3. The van der Waals surface area contributed by atoms with E-state index in [4.69, 9.17) is 0 Å². The van der Waals surface area contributed by atoms with Crippen LogP contribution in [-0.2, 0) is 24.3 Å². The Morgan fingerprint density at radius 3 is 3.05 bits per heavy atom. The molecule has 98 valence electrons. The summed E-state index contributed by atoms with van der Waals surface area (Å²) in [6.45, 7) is 1.49. The first-order valence-corrected chi connectivity index (χ1v) is 6.63. The predicted molar refractivity (Wildman–Crippen MR) is 72.3 cm³/mol. The number of rotatable bonds is 3. The SMILES string of the molecule is O=C(NCc1ccccc1)C1CCn2cncc2C1. The summed E-state index contributed by atoms with van der Waals surface area (Å²) >= 11 is 0. The van der Waals surface area contributed by atoms with Crippen LogP contribution in [0.25, 0.3) is 0 Å². The number of benzene rings is 1. The lowest BCUT2D eigenvalue weighted by molar-refractivity contribution is -0.125. The average molecular weight is 255 g/mol. The Hall–Kier alpha value is -2.10. The van der Waals surface area contributed by atoms with Gasteiger partial charge < -0.3 is 9.88 Å². The highest BCUT2D eigenvalue weighted by atomic mass is 16.1. The number of hydrogen-bond acceptors (Lipinski definition) is 2. The molecule has 4 nitrogen and oxygen atoms in total. The molecule has 1 atom stereocenters. The first kappa shape index (κ1) is 12.0. The van der Waals surface area contributed by atoms with Crippen molar-refractivity contribution in [1.82, 2.24) is 14.9 Å². The highest BCUT2D eigenvalue weighted by Crippen LogP contribution is 2.20. The van der Waals surface area contributed by atoms with Gasteiger partial charge in [-0.25, -0.2) is 4.98 Å². The maximum atomic E-state index is 12.2. The van der Waals surface area contributed by atoms with Gasteiger partial charge in [0.05, 0.1) is 6.33 Å². The van der Waals surface area contributed by atoms with Gasteiger partial charge in [-0.2, -0.15) is 0 Å². The molecule has 1 aromatic heterocycles. The molecular weight excluding hydrogens is 238 g/mol. The molecule has 1 aliphatic heterocycles. The van der Waals surface area contributed by atoms with Crippen molar-refractivity contribution < 1.29 is 4.79 Å². The quantitative estimate of drug-likeness (QED) is 0.908. The average Bonchev–Trinajstić information content (AvgIpc) is 2.93. The van der Waals surface area contributed by atoms with E-state index < -0.39 is 0 Å². The Labute approximate surface area is 112 Å². The van der Waals surface area contributed by atoms with Crippen molar-refractivity contribution >= 4 is 5.91 Å². The van der Waals surface area contributed by atoms with Crippen LogP contribution in [0.5, 0.6) is 0 Å². The van der Waals surface area contributed by atoms with E-state index in [1.807, 2.05) is 42.9 Å². The van der Waals surface area contributed by atoms with Crippen molar-refractivity contribution in [3.05, 3.63) is 54.1 Å². The summed E-state index contributed by atoms with van der Waals surface area (Å²) in [7, 11) is 0. The molecular formula is C15H17N3O. The minimum absolute atomic E-state index is 0.0768. The Morgan fingerprint density at radius 1 is 1.37 bits per heavy atom. The molecule has 1 amide bonds. The van der Waals surface area contributed by atoms with Gasteiger partial charge in [0.25, 0.3) is 0 Å². The second-order valence-electron chi connectivity index (χ2n) is 4.97. The zero-order valence-corrected chi connectivity index (χ0v) is 10.7. The maximum Gasteiger partial charge on any atom is 0.223 e. The molecule has 1 aliphatic rings. The second kappa shape index (κ2) is 5.26. The van der Waals surface area contributed by atoms with E-state index in [0.29, 0.717) is 6.54 Å². The second-order valence-corrected chi connectivity index (χ2v) is 4.97. The fraction of sp³-hybridized carbons (Fsp3) is 0.333. The third kappa shape index (κ3) is 2.67. The summed E-state index contributed by atoms with van der Waals surface area (Å²) in [5.41, 5.74) is 2.29. The van der Waals surface area contributed by atoms with E-state index in [1.165, 1.54) is 0 Å². The molecule has 19 heavy (non-hydrogen) atoms. The van der Waals surface area contributed by atoms with Crippen LogP contribution in [0.2, 0.25) is 0 Å². The largest absolute Gasteiger partial charge is 0.352 e. The minimum atomic E-state index is 0.0768. The monoisotopic (exact) mass is 255 g/mol. The van der Waals surface area contributed by atoms with E-state index in [9.17, 15) is 4.79 Å². The number of aromatic nitrogens is 2. The van der Waals surface area contributed by atoms with Crippen molar-refractivity contribution in [2.75, 3.05) is 0 Å². The van der Waals surface area contributed by atoms with Crippen LogP contribution in [0.3, 0.4) is 0 Å². The van der Waals surface area contributed by atoms with Gasteiger partial charge in [-0.1, -0.05) is 30.3 Å². The third-order valence-corrected chi connectivity index (χ3v) is 3.65. The number of carbonyl (C=O) groups is 1. The van der Waals surface area contributed by atoms with Gasteiger partial charge >= 0.3 is 0 Å². The van der Waals surface area contributed by atoms with Crippen LogP contribution >= 0.6 is 0 Å². The number of amides is 1. The van der Waals surface area contributed by atoms with Gasteiger partial charge in [0.2, 0.25) is 5.91 Å². The van der Waals surface area contributed by atoms with E-state index in [1.54, 1.807) is 0 Å². The molecule has 0 aliphatic carbocycles. The number of nitrogens with one attached hydrogen (secondary N) is 1. The molecule has 2 aromatic rings. The predicted octanol–water partition coefficient (Wildman–Crippen LogP) is 1.76. The molecule has 0 saturated carbocycles. The molecule has 0 bridgehead atoms. The molecule has 1 aromatic carbocycles. The normalized spacial score (nSPS) is 17.8. The number of aryl methyl sites for hydroxylation is 1. The Bertz CT molecular complexity index is 562. The van der Waals surface area contributed by atoms with E-state index in [-0.39, 0.29) is 11.8 Å². The molecule has 2 heterocycles. The van der Waals surface area contributed by atoms with Crippen LogP contribution < -0.4 is 5.32 Å². The third-order valence-electron chi connectivity index (χ3n) is 3.65.